The van der Waals surface area contributed by atoms with Crippen LogP contribution in [0, 0.1) is 0 Å². The lowest BCUT2D eigenvalue weighted by Crippen LogP contribution is -2.53. The number of rotatable bonds is 3. The largest absolute Gasteiger partial charge is 0.326 e. The van der Waals surface area contributed by atoms with Crippen molar-refractivity contribution in [1.29, 1.82) is 0 Å². The van der Waals surface area contributed by atoms with Crippen LogP contribution >= 0.6 is 0 Å². The molecule has 2 saturated heterocycles. The number of fused-ring (bicyclic) bond motifs is 1. The van der Waals surface area contributed by atoms with Crippen molar-refractivity contribution in [2.75, 3.05) is 26.2 Å². The molecule has 19 heavy (non-hydrogen) atoms. The summed E-state index contributed by atoms with van der Waals surface area (Å²) < 4.78 is 0. The first-order valence-electron chi connectivity index (χ1n) is 7.39. The van der Waals surface area contributed by atoms with Crippen LogP contribution in [0.4, 0.5) is 0 Å². The van der Waals surface area contributed by atoms with Crippen molar-refractivity contribution < 1.29 is 0 Å². The lowest BCUT2D eigenvalue weighted by Gasteiger charge is -2.43. The second-order valence-corrected chi connectivity index (χ2v) is 5.92. The van der Waals surface area contributed by atoms with Gasteiger partial charge in [0.1, 0.15) is 0 Å². The average Bonchev–Trinajstić information content (AvgIpc) is 2.87. The minimum absolute atomic E-state index is 0.136. The number of hydrogen-bond acceptors (Lipinski definition) is 4. The summed E-state index contributed by atoms with van der Waals surface area (Å²) in [6, 6.07) is 5.35. The highest BCUT2D eigenvalue weighted by molar-refractivity contribution is 5.16. The number of nitrogens with zero attached hydrogens (tertiary/aromatic N) is 3. The number of aromatic nitrogens is 1. The second-order valence-electron chi connectivity index (χ2n) is 5.92. The lowest BCUT2D eigenvalue weighted by molar-refractivity contribution is 0.0634. The molecule has 3 rings (SSSR count). The van der Waals surface area contributed by atoms with Gasteiger partial charge in [-0.2, -0.15) is 0 Å². The molecule has 1 aromatic rings. The monoisotopic (exact) mass is 260 g/mol. The summed E-state index contributed by atoms with van der Waals surface area (Å²) in [6.07, 6.45) is 6.50. The van der Waals surface area contributed by atoms with Gasteiger partial charge < -0.3 is 5.73 Å². The number of nitrogens with two attached hydrogens (primary N) is 1. The van der Waals surface area contributed by atoms with E-state index in [2.05, 4.69) is 27.8 Å². The molecule has 2 fully saturated rings. The Morgan fingerprint density at radius 2 is 2.26 bits per heavy atom. The second kappa shape index (κ2) is 5.57. The minimum atomic E-state index is 0.136. The quantitative estimate of drug-likeness (QED) is 0.888. The molecule has 0 radical (unpaired) electrons. The summed E-state index contributed by atoms with van der Waals surface area (Å²) in [5.74, 6) is 0. The van der Waals surface area contributed by atoms with Gasteiger partial charge in [0.15, 0.2) is 0 Å². The van der Waals surface area contributed by atoms with E-state index in [1.165, 1.54) is 31.5 Å². The average molecular weight is 260 g/mol. The maximum Gasteiger partial charge on any atom is 0.0512 e. The Bertz CT molecular complexity index is 406. The highest BCUT2D eigenvalue weighted by Crippen LogP contribution is 2.29. The van der Waals surface area contributed by atoms with E-state index >= 15 is 0 Å². The molecule has 4 heteroatoms. The highest BCUT2D eigenvalue weighted by atomic mass is 15.3. The van der Waals surface area contributed by atoms with Gasteiger partial charge >= 0.3 is 0 Å². The molecule has 0 amide bonds. The van der Waals surface area contributed by atoms with Gasteiger partial charge in [0.25, 0.3) is 0 Å². The van der Waals surface area contributed by atoms with E-state index in [9.17, 15) is 0 Å². The van der Waals surface area contributed by atoms with Gasteiger partial charge in [-0.25, -0.2) is 0 Å². The first-order valence-corrected chi connectivity index (χ1v) is 7.39. The topological polar surface area (TPSA) is 45.4 Å². The van der Waals surface area contributed by atoms with Crippen molar-refractivity contribution >= 4 is 0 Å². The van der Waals surface area contributed by atoms with E-state index in [0.717, 1.165) is 19.1 Å². The molecule has 3 heterocycles. The minimum Gasteiger partial charge on any atom is -0.326 e. The number of piperazine rings is 1. The predicted octanol–water partition coefficient (Wildman–Crippen LogP) is 1.25. The number of pyridine rings is 1. The Kier molecular flexibility index (Phi) is 3.82. The molecule has 2 N–H and O–H groups in total. The fourth-order valence-corrected chi connectivity index (χ4v) is 3.67. The summed E-state index contributed by atoms with van der Waals surface area (Å²) in [7, 11) is 0. The van der Waals surface area contributed by atoms with Crippen molar-refractivity contribution in [1.82, 2.24) is 14.8 Å². The molecular formula is C15H24N4. The van der Waals surface area contributed by atoms with E-state index in [4.69, 9.17) is 5.73 Å². The van der Waals surface area contributed by atoms with Crippen LogP contribution in [-0.4, -0.2) is 53.0 Å². The van der Waals surface area contributed by atoms with Gasteiger partial charge in [-0.3, -0.25) is 14.8 Å². The molecule has 3 unspecified atom stereocenters. The third-order valence-corrected chi connectivity index (χ3v) is 4.54. The van der Waals surface area contributed by atoms with Crippen molar-refractivity contribution in [2.24, 2.45) is 5.73 Å². The SMILES string of the molecule is CC(N)C(c1cccnc1)N1CCN2CCCC2C1. The molecular weight excluding hydrogens is 236 g/mol. The van der Waals surface area contributed by atoms with Crippen LogP contribution in [0.3, 0.4) is 0 Å². The Morgan fingerprint density at radius 3 is 3.00 bits per heavy atom. The third-order valence-electron chi connectivity index (χ3n) is 4.54. The Labute approximate surface area is 115 Å². The first kappa shape index (κ1) is 13.0. The van der Waals surface area contributed by atoms with Crippen LogP contribution in [0.15, 0.2) is 24.5 Å². The maximum atomic E-state index is 6.25. The van der Waals surface area contributed by atoms with Crippen molar-refractivity contribution in [3.63, 3.8) is 0 Å². The van der Waals surface area contributed by atoms with Crippen LogP contribution in [0.25, 0.3) is 0 Å². The standard InChI is InChI=1S/C15H24N4/c1-12(16)15(13-4-2-6-17-10-13)19-9-8-18-7-3-5-14(18)11-19/h2,4,6,10,12,14-15H,3,5,7-9,11,16H2,1H3. The summed E-state index contributed by atoms with van der Waals surface area (Å²) in [6.45, 7) is 6.86. The lowest BCUT2D eigenvalue weighted by atomic mass is 9.98. The molecule has 3 atom stereocenters. The molecule has 104 valence electrons. The van der Waals surface area contributed by atoms with Gasteiger partial charge in [-0.15, -0.1) is 0 Å². The number of hydrogen-bond donors (Lipinski definition) is 1. The summed E-state index contributed by atoms with van der Waals surface area (Å²) in [5.41, 5.74) is 7.51. The van der Waals surface area contributed by atoms with Crippen molar-refractivity contribution in [3.8, 4) is 0 Å². The summed E-state index contributed by atoms with van der Waals surface area (Å²) in [4.78, 5) is 9.46. The van der Waals surface area contributed by atoms with Gasteiger partial charge in [-0.1, -0.05) is 6.07 Å². The van der Waals surface area contributed by atoms with E-state index in [1.807, 2.05) is 18.5 Å². The molecule has 1 aromatic heterocycles. The van der Waals surface area contributed by atoms with Crippen LogP contribution in [0.2, 0.25) is 0 Å². The maximum absolute atomic E-state index is 6.25. The van der Waals surface area contributed by atoms with Gasteiger partial charge in [0.2, 0.25) is 0 Å². The normalized spacial score (nSPS) is 28.0. The van der Waals surface area contributed by atoms with Crippen LogP contribution in [0.5, 0.6) is 0 Å². The first-order chi connectivity index (χ1) is 9.25. The Hall–Kier alpha value is -0.970. The van der Waals surface area contributed by atoms with Crippen LogP contribution in [-0.2, 0) is 0 Å². The molecule has 0 spiro atoms. The molecule has 0 aliphatic carbocycles. The highest BCUT2D eigenvalue weighted by Gasteiger charge is 2.34. The zero-order valence-corrected chi connectivity index (χ0v) is 11.7. The molecule has 2 aliphatic rings. The molecule has 0 saturated carbocycles. The van der Waals surface area contributed by atoms with E-state index in [0.29, 0.717) is 6.04 Å². The fraction of sp³-hybridized carbons (Fsp3) is 0.667. The zero-order valence-electron chi connectivity index (χ0n) is 11.7. The molecule has 2 aliphatic heterocycles. The predicted molar refractivity (Wildman–Crippen MR) is 76.8 cm³/mol. The molecule has 4 nitrogen and oxygen atoms in total. The zero-order chi connectivity index (χ0) is 13.2. The smallest absolute Gasteiger partial charge is 0.0512 e. The van der Waals surface area contributed by atoms with Gasteiger partial charge in [-0.05, 0) is 37.9 Å². The summed E-state index contributed by atoms with van der Waals surface area (Å²) in [5, 5.41) is 0. The van der Waals surface area contributed by atoms with Crippen molar-refractivity contribution in [2.45, 2.75) is 37.9 Å². The van der Waals surface area contributed by atoms with E-state index < -0.39 is 0 Å². The van der Waals surface area contributed by atoms with Gasteiger partial charge in [0, 0.05) is 44.1 Å². The Balaban J connectivity index is 1.77. The van der Waals surface area contributed by atoms with Crippen molar-refractivity contribution in [3.05, 3.63) is 30.1 Å². The summed E-state index contributed by atoms with van der Waals surface area (Å²) >= 11 is 0. The molecule has 0 bridgehead atoms. The van der Waals surface area contributed by atoms with E-state index in [1.54, 1.807) is 0 Å². The Morgan fingerprint density at radius 1 is 1.37 bits per heavy atom. The van der Waals surface area contributed by atoms with Crippen LogP contribution < -0.4 is 5.73 Å². The fourth-order valence-electron chi connectivity index (χ4n) is 3.67. The third kappa shape index (κ3) is 2.66. The molecule has 0 aromatic carbocycles. The van der Waals surface area contributed by atoms with Gasteiger partial charge in [0.05, 0.1) is 6.04 Å². The van der Waals surface area contributed by atoms with Crippen LogP contribution in [0.1, 0.15) is 31.4 Å². The van der Waals surface area contributed by atoms with E-state index in [-0.39, 0.29) is 6.04 Å².